The van der Waals surface area contributed by atoms with Crippen LogP contribution >= 0.6 is 0 Å². The molecule has 4 nitrogen and oxygen atoms in total. The van der Waals surface area contributed by atoms with Gasteiger partial charge in [0.15, 0.2) is 0 Å². The summed E-state index contributed by atoms with van der Waals surface area (Å²) in [6, 6.07) is 0. The minimum atomic E-state index is 0.949. The van der Waals surface area contributed by atoms with E-state index in [1.54, 1.807) is 0 Å². The minimum absolute atomic E-state index is 0.949. The Morgan fingerprint density at radius 3 is 1.28 bits per heavy atom. The van der Waals surface area contributed by atoms with Crippen molar-refractivity contribution < 1.29 is 0 Å². The third-order valence-electron chi connectivity index (χ3n) is 5.66. The van der Waals surface area contributed by atoms with E-state index in [-0.39, 0.29) is 0 Å². The van der Waals surface area contributed by atoms with Crippen LogP contribution in [0.15, 0.2) is 0 Å². The number of rotatable bonds is 16. The molecule has 0 aromatic rings. The lowest BCUT2D eigenvalue weighted by atomic mass is 10.0. The molecule has 2 aliphatic rings. The standard InChI is InChI=1S/C21H44N4/c1-2-4-9-20(8-3-1)18-24-16-6-14-22-12-5-13-23-15-7-17-25-19-21-10-11-21/h20-25H,1-19H2. The van der Waals surface area contributed by atoms with Crippen LogP contribution in [0.4, 0.5) is 0 Å². The molecule has 0 saturated heterocycles. The summed E-state index contributed by atoms with van der Waals surface area (Å²) >= 11 is 0. The zero-order valence-corrected chi connectivity index (χ0v) is 16.6. The van der Waals surface area contributed by atoms with Crippen molar-refractivity contribution in [2.45, 2.75) is 70.6 Å². The highest BCUT2D eigenvalue weighted by molar-refractivity contribution is 4.75. The van der Waals surface area contributed by atoms with Crippen molar-refractivity contribution in [2.75, 3.05) is 52.4 Å². The van der Waals surface area contributed by atoms with Crippen LogP contribution in [-0.2, 0) is 0 Å². The van der Waals surface area contributed by atoms with Gasteiger partial charge in [-0.25, -0.2) is 0 Å². The number of nitrogens with one attached hydrogen (secondary N) is 4. The Balaban J connectivity index is 1.21. The van der Waals surface area contributed by atoms with E-state index < -0.39 is 0 Å². The Morgan fingerprint density at radius 2 is 0.840 bits per heavy atom. The Hall–Kier alpha value is -0.160. The number of hydrogen-bond acceptors (Lipinski definition) is 4. The van der Waals surface area contributed by atoms with Gasteiger partial charge in [0.1, 0.15) is 0 Å². The van der Waals surface area contributed by atoms with E-state index in [0.29, 0.717) is 0 Å². The molecule has 0 amide bonds. The third-order valence-corrected chi connectivity index (χ3v) is 5.66. The van der Waals surface area contributed by atoms with Crippen molar-refractivity contribution in [3.8, 4) is 0 Å². The highest BCUT2D eigenvalue weighted by Crippen LogP contribution is 2.27. The van der Waals surface area contributed by atoms with E-state index >= 15 is 0 Å². The Labute approximate surface area is 156 Å². The molecule has 25 heavy (non-hydrogen) atoms. The molecular weight excluding hydrogens is 308 g/mol. The topological polar surface area (TPSA) is 48.1 Å². The summed E-state index contributed by atoms with van der Waals surface area (Å²) in [5.74, 6) is 1.96. The average molecular weight is 353 g/mol. The van der Waals surface area contributed by atoms with E-state index in [9.17, 15) is 0 Å². The van der Waals surface area contributed by atoms with Gasteiger partial charge in [-0.3, -0.25) is 0 Å². The van der Waals surface area contributed by atoms with E-state index in [4.69, 9.17) is 0 Å². The first-order valence-corrected chi connectivity index (χ1v) is 11.3. The molecule has 4 N–H and O–H groups in total. The first-order chi connectivity index (χ1) is 12.4. The van der Waals surface area contributed by atoms with Crippen LogP contribution in [0, 0.1) is 11.8 Å². The maximum atomic E-state index is 3.67. The van der Waals surface area contributed by atoms with Gasteiger partial charge in [-0.05, 0) is 109 Å². The molecule has 4 heteroatoms. The molecule has 0 aliphatic heterocycles. The Kier molecular flexibility index (Phi) is 12.6. The highest BCUT2D eigenvalue weighted by Gasteiger charge is 2.19. The van der Waals surface area contributed by atoms with Crippen LogP contribution in [0.2, 0.25) is 0 Å². The van der Waals surface area contributed by atoms with Gasteiger partial charge >= 0.3 is 0 Å². The Morgan fingerprint density at radius 1 is 0.440 bits per heavy atom. The first kappa shape index (κ1) is 21.1. The molecule has 2 aliphatic carbocycles. The van der Waals surface area contributed by atoms with Crippen molar-refractivity contribution in [1.82, 2.24) is 21.3 Å². The monoisotopic (exact) mass is 352 g/mol. The molecule has 0 spiro atoms. The number of hydrogen-bond donors (Lipinski definition) is 4. The molecule has 2 rings (SSSR count). The molecule has 0 radical (unpaired) electrons. The van der Waals surface area contributed by atoms with Crippen LogP contribution in [0.1, 0.15) is 70.6 Å². The second kappa shape index (κ2) is 15.0. The summed E-state index contributed by atoms with van der Waals surface area (Å²) in [6.07, 6.45) is 15.4. The summed E-state index contributed by atoms with van der Waals surface area (Å²) < 4.78 is 0. The third kappa shape index (κ3) is 12.8. The van der Waals surface area contributed by atoms with Crippen LogP contribution in [0.25, 0.3) is 0 Å². The van der Waals surface area contributed by atoms with Gasteiger partial charge in [-0.1, -0.05) is 25.7 Å². The average Bonchev–Trinajstić information content (AvgIpc) is 3.46. The molecular formula is C21H44N4. The first-order valence-electron chi connectivity index (χ1n) is 11.3. The fraction of sp³-hybridized carbons (Fsp3) is 1.00. The van der Waals surface area contributed by atoms with Crippen LogP contribution < -0.4 is 21.3 Å². The van der Waals surface area contributed by atoms with E-state index in [2.05, 4.69) is 21.3 Å². The molecule has 148 valence electrons. The lowest BCUT2D eigenvalue weighted by molar-refractivity contribution is 0.422. The van der Waals surface area contributed by atoms with Gasteiger partial charge < -0.3 is 21.3 Å². The molecule has 0 atom stereocenters. The smallest absolute Gasteiger partial charge is 0.00205 e. The lowest BCUT2D eigenvalue weighted by Crippen LogP contribution is -2.28. The largest absolute Gasteiger partial charge is 0.317 e. The second-order valence-electron chi connectivity index (χ2n) is 8.27. The summed E-state index contributed by atoms with van der Waals surface area (Å²) in [5, 5.41) is 14.3. The Bertz CT molecular complexity index is 286. The molecule has 0 unspecified atom stereocenters. The van der Waals surface area contributed by atoms with Crippen molar-refractivity contribution in [1.29, 1.82) is 0 Å². The van der Waals surface area contributed by atoms with E-state index in [0.717, 1.165) is 38.0 Å². The summed E-state index contributed by atoms with van der Waals surface area (Å²) in [4.78, 5) is 0. The fourth-order valence-corrected chi connectivity index (χ4v) is 3.77. The highest BCUT2D eigenvalue weighted by atomic mass is 14.9. The minimum Gasteiger partial charge on any atom is -0.317 e. The maximum absolute atomic E-state index is 3.67. The molecule has 0 aromatic carbocycles. The predicted octanol–water partition coefficient (Wildman–Crippen LogP) is 2.90. The van der Waals surface area contributed by atoms with Gasteiger partial charge in [0.05, 0.1) is 0 Å². The summed E-state index contributed by atoms with van der Waals surface area (Å²) in [6.45, 7) is 9.46. The molecule has 0 bridgehead atoms. The van der Waals surface area contributed by atoms with Crippen molar-refractivity contribution in [3.05, 3.63) is 0 Å². The van der Waals surface area contributed by atoms with Gasteiger partial charge in [-0.2, -0.15) is 0 Å². The maximum Gasteiger partial charge on any atom is -0.00205 e. The van der Waals surface area contributed by atoms with Gasteiger partial charge in [0, 0.05) is 0 Å². The quantitative estimate of drug-likeness (QED) is 0.255. The molecule has 2 saturated carbocycles. The zero-order chi connectivity index (χ0) is 17.4. The SMILES string of the molecule is C1CCCC(CNCCCNCCCNCCCNCC2CC2)CC1. The molecule has 0 heterocycles. The van der Waals surface area contributed by atoms with E-state index in [1.165, 1.54) is 96.8 Å². The van der Waals surface area contributed by atoms with Crippen LogP contribution in [0.5, 0.6) is 0 Å². The molecule has 0 aromatic heterocycles. The van der Waals surface area contributed by atoms with Crippen LogP contribution in [0.3, 0.4) is 0 Å². The summed E-state index contributed by atoms with van der Waals surface area (Å²) in [7, 11) is 0. The van der Waals surface area contributed by atoms with Crippen molar-refractivity contribution in [2.24, 2.45) is 11.8 Å². The van der Waals surface area contributed by atoms with Gasteiger partial charge in [0.25, 0.3) is 0 Å². The van der Waals surface area contributed by atoms with Crippen molar-refractivity contribution in [3.63, 3.8) is 0 Å². The van der Waals surface area contributed by atoms with Gasteiger partial charge in [0.2, 0.25) is 0 Å². The predicted molar refractivity (Wildman–Crippen MR) is 109 cm³/mol. The second-order valence-corrected chi connectivity index (χ2v) is 8.27. The van der Waals surface area contributed by atoms with Gasteiger partial charge in [-0.15, -0.1) is 0 Å². The molecule has 2 fully saturated rings. The lowest BCUT2D eigenvalue weighted by Gasteiger charge is -2.14. The van der Waals surface area contributed by atoms with E-state index in [1.807, 2.05) is 0 Å². The summed E-state index contributed by atoms with van der Waals surface area (Å²) in [5.41, 5.74) is 0. The fourth-order valence-electron chi connectivity index (χ4n) is 3.77. The normalized spacial score (nSPS) is 19.2. The van der Waals surface area contributed by atoms with Crippen LogP contribution in [-0.4, -0.2) is 52.4 Å². The zero-order valence-electron chi connectivity index (χ0n) is 16.6. The van der Waals surface area contributed by atoms with Crippen molar-refractivity contribution >= 4 is 0 Å².